The first-order valence-electron chi connectivity index (χ1n) is 6.99. The van der Waals surface area contributed by atoms with Gasteiger partial charge < -0.3 is 9.84 Å². The van der Waals surface area contributed by atoms with Crippen LogP contribution in [0.1, 0.15) is 44.9 Å². The van der Waals surface area contributed by atoms with Gasteiger partial charge in [-0.15, -0.1) is 0 Å². The second kappa shape index (κ2) is 10.8. The lowest BCUT2D eigenvalue weighted by Crippen LogP contribution is -2.29. The number of carbonyl (C=O) groups is 1. The molecule has 0 saturated carbocycles. The topological polar surface area (TPSA) is 58.6 Å². The first kappa shape index (κ1) is 17.1. The van der Waals surface area contributed by atoms with Crippen LogP contribution in [0.2, 0.25) is 0 Å². The van der Waals surface area contributed by atoms with Crippen molar-refractivity contribution in [3.05, 3.63) is 0 Å². The van der Waals surface area contributed by atoms with Crippen LogP contribution in [0.25, 0.3) is 0 Å². The lowest BCUT2D eigenvalue weighted by atomic mass is 10.1. The Balaban J connectivity index is 1.87. The number of hydrogen-bond donors (Lipinski definition) is 2. The van der Waals surface area contributed by atoms with Crippen LogP contribution in [0, 0.1) is 0 Å². The number of esters is 1. The van der Waals surface area contributed by atoms with Crippen molar-refractivity contribution in [3.8, 4) is 0 Å². The van der Waals surface area contributed by atoms with E-state index in [0.717, 1.165) is 18.1 Å². The molecule has 0 amide bonds. The summed E-state index contributed by atoms with van der Waals surface area (Å²) in [6, 6.07) is 0. The summed E-state index contributed by atoms with van der Waals surface area (Å²) in [4.78, 5) is 10.9. The predicted octanol–water partition coefficient (Wildman–Crippen LogP) is 2.56. The van der Waals surface area contributed by atoms with Crippen LogP contribution in [0.4, 0.5) is 0 Å². The Morgan fingerprint density at radius 3 is 3.00 bits per heavy atom. The van der Waals surface area contributed by atoms with Crippen molar-refractivity contribution >= 4 is 27.6 Å². The molecule has 2 N–H and O–H groups in total. The Morgan fingerprint density at radius 1 is 1.47 bits per heavy atom. The van der Waals surface area contributed by atoms with E-state index in [-0.39, 0.29) is 5.97 Å². The zero-order chi connectivity index (χ0) is 13.9. The van der Waals surface area contributed by atoms with Crippen LogP contribution in [-0.4, -0.2) is 42.0 Å². The molecule has 4 nitrogen and oxygen atoms in total. The Morgan fingerprint density at radius 2 is 2.32 bits per heavy atom. The van der Waals surface area contributed by atoms with Gasteiger partial charge >= 0.3 is 5.97 Å². The summed E-state index contributed by atoms with van der Waals surface area (Å²) in [6.07, 6.45) is 6.33. The third kappa shape index (κ3) is 8.78. The number of aliphatic hydroxyl groups is 1. The summed E-state index contributed by atoms with van der Waals surface area (Å²) in [5.74, 6) is 1.10. The van der Waals surface area contributed by atoms with Crippen LogP contribution < -0.4 is 5.32 Å². The van der Waals surface area contributed by atoms with Gasteiger partial charge in [-0.2, -0.15) is 0 Å². The fourth-order valence-corrected chi connectivity index (χ4v) is 5.01. The lowest BCUT2D eigenvalue weighted by molar-refractivity contribution is -0.140. The van der Waals surface area contributed by atoms with Crippen molar-refractivity contribution in [1.29, 1.82) is 0 Å². The monoisotopic (exact) mass is 307 g/mol. The van der Waals surface area contributed by atoms with Gasteiger partial charge in [-0.1, -0.05) is 28.0 Å². The predicted molar refractivity (Wildman–Crippen MR) is 82.2 cm³/mol. The Labute approximate surface area is 123 Å². The molecule has 1 rings (SSSR count). The molecule has 1 heterocycles. The fraction of sp³-hybridized carbons (Fsp3) is 0.923. The van der Waals surface area contributed by atoms with Crippen molar-refractivity contribution in [2.75, 3.05) is 19.4 Å². The van der Waals surface area contributed by atoms with Crippen LogP contribution in [0.5, 0.6) is 0 Å². The van der Waals surface area contributed by atoms with Crippen molar-refractivity contribution in [3.63, 3.8) is 0 Å². The second-order valence-corrected chi connectivity index (χ2v) is 7.55. The number of methoxy groups -OCH3 is 1. The number of nitrogens with one attached hydrogen (secondary N) is 1. The average Bonchev–Trinajstić information content (AvgIpc) is 2.92. The number of hydrogen-bond acceptors (Lipinski definition) is 6. The molecule has 1 saturated heterocycles. The lowest BCUT2D eigenvalue weighted by Gasteiger charge is -2.13. The summed E-state index contributed by atoms with van der Waals surface area (Å²) < 4.78 is 4.55. The molecule has 19 heavy (non-hydrogen) atoms. The Hall–Kier alpha value is 0.0900. The summed E-state index contributed by atoms with van der Waals surface area (Å²) in [6.45, 7) is 0.658. The van der Waals surface area contributed by atoms with Gasteiger partial charge in [0.25, 0.3) is 0 Å². The van der Waals surface area contributed by atoms with Crippen molar-refractivity contribution in [1.82, 2.24) is 5.32 Å². The quantitative estimate of drug-likeness (QED) is 0.280. The van der Waals surface area contributed by atoms with Crippen LogP contribution in [0.15, 0.2) is 0 Å². The van der Waals surface area contributed by atoms with Gasteiger partial charge in [-0.25, -0.2) is 0 Å². The summed E-state index contributed by atoms with van der Waals surface area (Å²) >= 11 is 0. The molecule has 0 aromatic carbocycles. The molecule has 1 fully saturated rings. The van der Waals surface area contributed by atoms with E-state index in [1.807, 2.05) is 21.6 Å². The fourth-order valence-electron chi connectivity index (χ4n) is 1.98. The van der Waals surface area contributed by atoms with Gasteiger partial charge in [0.2, 0.25) is 0 Å². The van der Waals surface area contributed by atoms with E-state index >= 15 is 0 Å². The van der Waals surface area contributed by atoms with E-state index in [4.69, 9.17) is 0 Å². The number of unbranched alkanes of at least 4 members (excludes halogenated alkanes) is 1. The van der Waals surface area contributed by atoms with Crippen molar-refractivity contribution in [2.24, 2.45) is 0 Å². The first-order chi connectivity index (χ1) is 9.22. The first-order valence-corrected chi connectivity index (χ1v) is 9.37. The molecule has 1 aliphatic heterocycles. The minimum absolute atomic E-state index is 0.191. The SMILES string of the molecule is COC(=O)CCCNC(O)CCCCC1CCSS1. The highest BCUT2D eigenvalue weighted by Crippen LogP contribution is 2.39. The molecule has 0 radical (unpaired) electrons. The Bertz CT molecular complexity index is 248. The highest BCUT2D eigenvalue weighted by atomic mass is 33.1. The Kier molecular flexibility index (Phi) is 9.77. The third-order valence-electron chi connectivity index (χ3n) is 3.15. The number of aliphatic hydroxyl groups excluding tert-OH is 1. The minimum atomic E-state index is -0.441. The van der Waals surface area contributed by atoms with Gasteiger partial charge in [-0.05, 0) is 38.6 Å². The van der Waals surface area contributed by atoms with Gasteiger partial charge in [-0.3, -0.25) is 10.1 Å². The van der Waals surface area contributed by atoms with Gasteiger partial charge in [0.15, 0.2) is 0 Å². The van der Waals surface area contributed by atoms with Gasteiger partial charge in [0, 0.05) is 17.4 Å². The zero-order valence-corrected chi connectivity index (χ0v) is 13.2. The number of rotatable bonds is 10. The highest BCUT2D eigenvalue weighted by molar-refractivity contribution is 8.77. The zero-order valence-electron chi connectivity index (χ0n) is 11.6. The van der Waals surface area contributed by atoms with Crippen molar-refractivity contribution < 1.29 is 14.6 Å². The average molecular weight is 307 g/mol. The number of carbonyl (C=O) groups excluding carboxylic acids is 1. The van der Waals surface area contributed by atoms with Crippen LogP contribution in [0.3, 0.4) is 0 Å². The van der Waals surface area contributed by atoms with E-state index in [1.54, 1.807) is 0 Å². The van der Waals surface area contributed by atoms with Gasteiger partial charge in [0.1, 0.15) is 6.23 Å². The molecular formula is C13H25NO3S2. The van der Waals surface area contributed by atoms with Gasteiger partial charge in [0.05, 0.1) is 7.11 Å². The molecule has 6 heteroatoms. The molecule has 0 aromatic heterocycles. The molecule has 2 atom stereocenters. The van der Waals surface area contributed by atoms with E-state index in [0.29, 0.717) is 19.4 Å². The largest absolute Gasteiger partial charge is 0.469 e. The third-order valence-corrected chi connectivity index (χ3v) is 6.15. The van der Waals surface area contributed by atoms with E-state index < -0.39 is 6.23 Å². The van der Waals surface area contributed by atoms with Crippen molar-refractivity contribution in [2.45, 2.75) is 56.4 Å². The second-order valence-electron chi connectivity index (χ2n) is 4.76. The molecule has 0 bridgehead atoms. The summed E-state index contributed by atoms with van der Waals surface area (Å²) in [5, 5.41) is 13.6. The molecule has 0 spiro atoms. The number of ether oxygens (including phenoxy) is 1. The normalized spacial score (nSPS) is 20.4. The molecule has 2 unspecified atom stereocenters. The molecule has 0 aromatic rings. The van der Waals surface area contributed by atoms with Crippen LogP contribution in [-0.2, 0) is 9.53 Å². The molecule has 1 aliphatic rings. The van der Waals surface area contributed by atoms with Crippen LogP contribution >= 0.6 is 21.6 Å². The van der Waals surface area contributed by atoms with E-state index in [2.05, 4.69) is 10.1 Å². The standard InChI is InChI=1S/C13H25NO3S2/c1-17-13(16)7-4-9-14-12(15)6-3-2-5-11-8-10-18-19-11/h11-12,14-15H,2-10H2,1H3. The highest BCUT2D eigenvalue weighted by Gasteiger charge is 2.15. The summed E-state index contributed by atoms with van der Waals surface area (Å²) in [7, 11) is 5.39. The molecule has 112 valence electrons. The summed E-state index contributed by atoms with van der Waals surface area (Å²) in [5.41, 5.74) is 0. The van der Waals surface area contributed by atoms with E-state index in [1.165, 1.54) is 32.1 Å². The van der Waals surface area contributed by atoms with E-state index in [9.17, 15) is 9.90 Å². The molecular weight excluding hydrogens is 282 g/mol. The maximum atomic E-state index is 10.9. The molecule has 0 aliphatic carbocycles. The minimum Gasteiger partial charge on any atom is -0.469 e. The maximum Gasteiger partial charge on any atom is 0.305 e. The maximum absolute atomic E-state index is 10.9. The smallest absolute Gasteiger partial charge is 0.305 e.